The van der Waals surface area contributed by atoms with E-state index in [-0.39, 0.29) is 6.04 Å². The van der Waals surface area contributed by atoms with Crippen LogP contribution < -0.4 is 5.32 Å². The van der Waals surface area contributed by atoms with Gasteiger partial charge in [0.15, 0.2) is 5.65 Å². The largest absolute Gasteiger partial charge is 0.383 e. The van der Waals surface area contributed by atoms with E-state index in [2.05, 4.69) is 88.4 Å². The van der Waals surface area contributed by atoms with Crippen molar-refractivity contribution in [1.29, 1.82) is 0 Å². The van der Waals surface area contributed by atoms with Gasteiger partial charge in [-0.3, -0.25) is 0 Å². The molecule has 0 radical (unpaired) electrons. The van der Waals surface area contributed by atoms with Crippen molar-refractivity contribution >= 4 is 16.9 Å². The summed E-state index contributed by atoms with van der Waals surface area (Å²) >= 11 is 0. The van der Waals surface area contributed by atoms with Gasteiger partial charge in [0.25, 0.3) is 0 Å². The van der Waals surface area contributed by atoms with E-state index in [1.54, 1.807) is 13.4 Å². The van der Waals surface area contributed by atoms with Gasteiger partial charge in [0, 0.05) is 30.6 Å². The first-order valence-electron chi connectivity index (χ1n) is 9.41. The number of fused-ring (bicyclic) bond motifs is 1. The van der Waals surface area contributed by atoms with E-state index in [9.17, 15) is 0 Å². The number of rotatable bonds is 6. The Morgan fingerprint density at radius 3 is 2.64 bits per heavy atom. The number of benzene rings is 2. The van der Waals surface area contributed by atoms with Gasteiger partial charge < -0.3 is 14.6 Å². The molecule has 1 unspecified atom stereocenters. The summed E-state index contributed by atoms with van der Waals surface area (Å²) in [7, 11) is 1.71. The fourth-order valence-corrected chi connectivity index (χ4v) is 3.51. The molecule has 142 valence electrons. The minimum absolute atomic E-state index is 0.133. The molecule has 0 amide bonds. The van der Waals surface area contributed by atoms with Gasteiger partial charge in [0.1, 0.15) is 12.1 Å². The van der Waals surface area contributed by atoms with E-state index < -0.39 is 0 Å². The van der Waals surface area contributed by atoms with Crippen molar-refractivity contribution in [2.45, 2.75) is 19.9 Å². The number of aromatic nitrogens is 3. The summed E-state index contributed by atoms with van der Waals surface area (Å²) in [4.78, 5) is 9.18. The minimum atomic E-state index is 0.133. The van der Waals surface area contributed by atoms with Crippen LogP contribution in [0.5, 0.6) is 0 Å². The SMILES string of the molecule is COCC(C)Nc1ncnc2c1c(-c1ccccc1)cn2-c1cccc(C)c1. The van der Waals surface area contributed by atoms with Crippen molar-refractivity contribution in [2.75, 3.05) is 19.0 Å². The van der Waals surface area contributed by atoms with Crippen LogP contribution in [0.25, 0.3) is 27.8 Å². The van der Waals surface area contributed by atoms with Crippen molar-refractivity contribution < 1.29 is 4.74 Å². The summed E-state index contributed by atoms with van der Waals surface area (Å²) in [6.45, 7) is 4.78. The van der Waals surface area contributed by atoms with Crippen molar-refractivity contribution in [3.63, 3.8) is 0 Å². The second-order valence-electron chi connectivity index (χ2n) is 7.04. The maximum absolute atomic E-state index is 5.28. The highest BCUT2D eigenvalue weighted by Crippen LogP contribution is 2.35. The van der Waals surface area contributed by atoms with Gasteiger partial charge in [0.05, 0.1) is 12.0 Å². The van der Waals surface area contributed by atoms with Crippen LogP contribution in [0.1, 0.15) is 12.5 Å². The zero-order chi connectivity index (χ0) is 19.5. The zero-order valence-corrected chi connectivity index (χ0v) is 16.4. The number of hydrogen-bond acceptors (Lipinski definition) is 4. The molecule has 0 spiro atoms. The topological polar surface area (TPSA) is 52.0 Å². The number of anilines is 1. The Bertz CT molecular complexity index is 1090. The first kappa shape index (κ1) is 18.2. The molecule has 28 heavy (non-hydrogen) atoms. The van der Waals surface area contributed by atoms with E-state index in [0.717, 1.165) is 33.7 Å². The van der Waals surface area contributed by atoms with Crippen LogP contribution in [0.2, 0.25) is 0 Å². The van der Waals surface area contributed by atoms with E-state index >= 15 is 0 Å². The molecular weight excluding hydrogens is 348 g/mol. The predicted octanol–water partition coefficient (Wildman–Crippen LogP) is 4.84. The van der Waals surface area contributed by atoms with Gasteiger partial charge in [-0.05, 0) is 37.1 Å². The van der Waals surface area contributed by atoms with Gasteiger partial charge in [-0.25, -0.2) is 9.97 Å². The molecule has 0 fully saturated rings. The quantitative estimate of drug-likeness (QED) is 0.526. The van der Waals surface area contributed by atoms with Crippen LogP contribution >= 0.6 is 0 Å². The Morgan fingerprint density at radius 1 is 1.07 bits per heavy atom. The van der Waals surface area contributed by atoms with Crippen molar-refractivity contribution in [3.8, 4) is 16.8 Å². The Kier molecular flexibility index (Phi) is 5.08. The molecule has 0 aliphatic heterocycles. The summed E-state index contributed by atoms with van der Waals surface area (Å²) in [6.07, 6.45) is 3.76. The maximum Gasteiger partial charge on any atom is 0.150 e. The monoisotopic (exact) mass is 372 g/mol. The summed E-state index contributed by atoms with van der Waals surface area (Å²) in [5.74, 6) is 0.819. The number of methoxy groups -OCH3 is 1. The molecule has 2 aromatic carbocycles. The van der Waals surface area contributed by atoms with E-state index in [1.807, 2.05) is 6.07 Å². The van der Waals surface area contributed by atoms with Crippen LogP contribution in [-0.4, -0.2) is 34.3 Å². The molecule has 5 nitrogen and oxygen atoms in total. The molecule has 4 aromatic rings. The van der Waals surface area contributed by atoms with E-state index in [4.69, 9.17) is 4.74 Å². The fourth-order valence-electron chi connectivity index (χ4n) is 3.51. The Labute approximate surface area is 165 Å². The number of hydrogen-bond donors (Lipinski definition) is 1. The second kappa shape index (κ2) is 7.82. The van der Waals surface area contributed by atoms with E-state index in [0.29, 0.717) is 6.61 Å². The fraction of sp³-hybridized carbons (Fsp3) is 0.217. The number of nitrogens with zero attached hydrogens (tertiary/aromatic N) is 3. The van der Waals surface area contributed by atoms with Gasteiger partial charge in [-0.2, -0.15) is 0 Å². The van der Waals surface area contributed by atoms with Crippen molar-refractivity contribution in [1.82, 2.24) is 14.5 Å². The summed E-state index contributed by atoms with van der Waals surface area (Å²) < 4.78 is 7.42. The lowest BCUT2D eigenvalue weighted by molar-refractivity contribution is 0.190. The average Bonchev–Trinajstić information content (AvgIpc) is 3.10. The first-order valence-corrected chi connectivity index (χ1v) is 9.41. The van der Waals surface area contributed by atoms with Crippen LogP contribution in [0.3, 0.4) is 0 Å². The molecular formula is C23H24N4O. The summed E-state index contributed by atoms with van der Waals surface area (Å²) in [5.41, 5.74) is 5.41. The highest BCUT2D eigenvalue weighted by molar-refractivity contribution is 6.02. The summed E-state index contributed by atoms with van der Waals surface area (Å²) in [5, 5.41) is 4.49. The van der Waals surface area contributed by atoms with Gasteiger partial charge >= 0.3 is 0 Å². The van der Waals surface area contributed by atoms with Gasteiger partial charge in [-0.15, -0.1) is 0 Å². The lowest BCUT2D eigenvalue weighted by Crippen LogP contribution is -2.21. The maximum atomic E-state index is 5.28. The van der Waals surface area contributed by atoms with Crippen LogP contribution in [0.15, 0.2) is 67.1 Å². The Balaban J connectivity index is 1.95. The number of nitrogens with one attached hydrogen (secondary N) is 1. The lowest BCUT2D eigenvalue weighted by Gasteiger charge is -2.14. The van der Waals surface area contributed by atoms with Crippen LogP contribution in [-0.2, 0) is 4.74 Å². The molecule has 0 saturated heterocycles. The van der Waals surface area contributed by atoms with Gasteiger partial charge in [-0.1, -0.05) is 42.5 Å². The van der Waals surface area contributed by atoms with Gasteiger partial charge in [0.2, 0.25) is 0 Å². The molecule has 5 heteroatoms. The average molecular weight is 372 g/mol. The molecule has 1 atom stereocenters. The Morgan fingerprint density at radius 2 is 1.89 bits per heavy atom. The highest BCUT2D eigenvalue weighted by Gasteiger charge is 2.18. The summed E-state index contributed by atoms with van der Waals surface area (Å²) in [6, 6.07) is 18.9. The zero-order valence-electron chi connectivity index (χ0n) is 16.4. The molecule has 2 aromatic heterocycles. The van der Waals surface area contributed by atoms with Crippen molar-refractivity contribution in [3.05, 3.63) is 72.7 Å². The predicted molar refractivity (Wildman–Crippen MR) is 114 cm³/mol. The number of ether oxygens (including phenoxy) is 1. The van der Waals surface area contributed by atoms with E-state index in [1.165, 1.54) is 5.56 Å². The molecule has 1 N–H and O–H groups in total. The van der Waals surface area contributed by atoms with Crippen LogP contribution in [0, 0.1) is 6.92 Å². The normalized spacial score (nSPS) is 12.2. The van der Waals surface area contributed by atoms with Crippen molar-refractivity contribution in [2.24, 2.45) is 0 Å². The smallest absolute Gasteiger partial charge is 0.150 e. The minimum Gasteiger partial charge on any atom is -0.383 e. The Hall–Kier alpha value is -3.18. The third-order valence-electron chi connectivity index (χ3n) is 4.75. The molecule has 4 rings (SSSR count). The molecule has 0 aliphatic carbocycles. The second-order valence-corrected chi connectivity index (χ2v) is 7.04. The third kappa shape index (κ3) is 3.49. The molecule has 0 bridgehead atoms. The third-order valence-corrected chi connectivity index (χ3v) is 4.75. The molecule has 2 heterocycles. The first-order chi connectivity index (χ1) is 13.7. The van der Waals surface area contributed by atoms with Crippen LogP contribution in [0.4, 0.5) is 5.82 Å². The standard InChI is InChI=1S/C23H24N4O/c1-16-8-7-11-19(12-16)27-13-20(18-9-5-4-6-10-18)21-22(24-15-25-23(21)27)26-17(2)14-28-3/h4-13,15,17H,14H2,1-3H3,(H,24,25,26). The highest BCUT2D eigenvalue weighted by atomic mass is 16.5. The molecule has 0 aliphatic rings. The number of aryl methyl sites for hydroxylation is 1. The lowest BCUT2D eigenvalue weighted by atomic mass is 10.1. The molecule has 0 saturated carbocycles.